The summed E-state index contributed by atoms with van der Waals surface area (Å²) < 4.78 is 5.10. The summed E-state index contributed by atoms with van der Waals surface area (Å²) in [6, 6.07) is 13.0. The standard InChI is InChI=1S/C18H17ClN2O3/c1-24-13-8-6-11(7-9-13)16-18(23)20-15(17(22)21-16)10-12-4-2-3-5-14(12)19/h2-9,15-16H,10H2,1H3,(H,20,23)(H,21,22)/t15?,16-/m1/s1. The van der Waals surface area contributed by atoms with E-state index in [-0.39, 0.29) is 11.8 Å². The SMILES string of the molecule is COc1ccc([C@H]2NC(=O)C(Cc3ccccc3Cl)NC2=O)cc1. The Labute approximate surface area is 145 Å². The normalized spacial score (nSPS) is 20.2. The first kappa shape index (κ1) is 16.3. The zero-order valence-corrected chi connectivity index (χ0v) is 13.8. The molecular formula is C18H17ClN2O3. The number of ether oxygens (including phenoxy) is 1. The van der Waals surface area contributed by atoms with Crippen LogP contribution in [0.3, 0.4) is 0 Å². The van der Waals surface area contributed by atoms with E-state index in [1.54, 1.807) is 37.4 Å². The minimum absolute atomic E-state index is 0.227. The summed E-state index contributed by atoms with van der Waals surface area (Å²) in [5.74, 6) is 0.227. The van der Waals surface area contributed by atoms with Gasteiger partial charge in [0.2, 0.25) is 11.8 Å². The van der Waals surface area contributed by atoms with E-state index >= 15 is 0 Å². The van der Waals surface area contributed by atoms with Gasteiger partial charge in [-0.05, 0) is 29.3 Å². The molecule has 0 bridgehead atoms. The molecule has 1 unspecified atom stereocenters. The number of methoxy groups -OCH3 is 1. The van der Waals surface area contributed by atoms with Crippen LogP contribution in [-0.2, 0) is 16.0 Å². The van der Waals surface area contributed by atoms with Gasteiger partial charge in [-0.25, -0.2) is 0 Å². The first-order valence-electron chi connectivity index (χ1n) is 7.56. The quantitative estimate of drug-likeness (QED) is 0.894. The lowest BCUT2D eigenvalue weighted by Crippen LogP contribution is -2.58. The van der Waals surface area contributed by atoms with Gasteiger partial charge in [-0.3, -0.25) is 9.59 Å². The third-order valence-electron chi connectivity index (χ3n) is 4.01. The molecule has 1 fully saturated rings. The number of rotatable bonds is 4. The van der Waals surface area contributed by atoms with Crippen LogP contribution >= 0.6 is 11.6 Å². The molecule has 2 N–H and O–H groups in total. The molecule has 24 heavy (non-hydrogen) atoms. The smallest absolute Gasteiger partial charge is 0.247 e. The highest BCUT2D eigenvalue weighted by molar-refractivity contribution is 6.31. The lowest BCUT2D eigenvalue weighted by molar-refractivity contribution is -0.136. The fraction of sp³-hybridized carbons (Fsp3) is 0.222. The highest BCUT2D eigenvalue weighted by Crippen LogP contribution is 2.22. The number of carbonyl (C=O) groups excluding carboxylic acids is 2. The number of halogens is 1. The molecule has 0 spiro atoms. The van der Waals surface area contributed by atoms with Crippen LogP contribution < -0.4 is 15.4 Å². The molecule has 1 aliphatic heterocycles. The third kappa shape index (κ3) is 3.36. The van der Waals surface area contributed by atoms with Crippen LogP contribution in [0.5, 0.6) is 5.75 Å². The highest BCUT2D eigenvalue weighted by Gasteiger charge is 2.34. The molecule has 2 aromatic carbocycles. The van der Waals surface area contributed by atoms with Crippen LogP contribution in [0.1, 0.15) is 17.2 Å². The van der Waals surface area contributed by atoms with Crippen molar-refractivity contribution in [2.75, 3.05) is 7.11 Å². The Hall–Kier alpha value is -2.53. The fourth-order valence-electron chi connectivity index (χ4n) is 2.69. The van der Waals surface area contributed by atoms with Crippen molar-refractivity contribution >= 4 is 23.4 Å². The molecule has 124 valence electrons. The Morgan fingerprint density at radius 1 is 1.00 bits per heavy atom. The molecule has 2 aromatic rings. The lowest BCUT2D eigenvalue weighted by Gasteiger charge is -2.30. The summed E-state index contributed by atoms with van der Waals surface area (Å²) in [6.07, 6.45) is 0.354. The van der Waals surface area contributed by atoms with Gasteiger partial charge < -0.3 is 15.4 Å². The van der Waals surface area contributed by atoms with E-state index in [0.29, 0.717) is 22.8 Å². The second kappa shape index (κ2) is 6.93. The number of piperazine rings is 1. The summed E-state index contributed by atoms with van der Waals surface area (Å²) >= 11 is 6.12. The van der Waals surface area contributed by atoms with Crippen LogP contribution in [0.15, 0.2) is 48.5 Å². The second-order valence-corrected chi connectivity index (χ2v) is 5.98. The van der Waals surface area contributed by atoms with Gasteiger partial charge in [-0.2, -0.15) is 0 Å². The first-order valence-corrected chi connectivity index (χ1v) is 7.94. The van der Waals surface area contributed by atoms with E-state index in [1.165, 1.54) is 0 Å². The number of benzene rings is 2. The average Bonchev–Trinajstić information content (AvgIpc) is 2.60. The second-order valence-electron chi connectivity index (χ2n) is 5.57. The van der Waals surface area contributed by atoms with Crippen LogP contribution in [-0.4, -0.2) is 25.0 Å². The van der Waals surface area contributed by atoms with E-state index in [2.05, 4.69) is 10.6 Å². The molecule has 0 aromatic heterocycles. The Kier molecular flexibility index (Phi) is 4.71. The van der Waals surface area contributed by atoms with Crippen molar-refractivity contribution in [1.29, 1.82) is 0 Å². The molecule has 0 saturated carbocycles. The summed E-state index contributed by atoms with van der Waals surface area (Å²) in [4.78, 5) is 24.8. The summed E-state index contributed by atoms with van der Waals surface area (Å²) in [5, 5.41) is 6.13. The Bertz CT molecular complexity index is 761. The molecule has 2 atom stereocenters. The highest BCUT2D eigenvalue weighted by atomic mass is 35.5. The molecule has 1 heterocycles. The van der Waals surface area contributed by atoms with Crippen molar-refractivity contribution in [2.45, 2.75) is 18.5 Å². The van der Waals surface area contributed by atoms with E-state index in [4.69, 9.17) is 16.3 Å². The predicted molar refractivity (Wildman–Crippen MR) is 91.0 cm³/mol. The number of carbonyl (C=O) groups is 2. The van der Waals surface area contributed by atoms with Gasteiger partial charge in [0.1, 0.15) is 17.8 Å². The van der Waals surface area contributed by atoms with E-state index in [1.807, 2.05) is 18.2 Å². The molecule has 2 amide bonds. The Morgan fingerprint density at radius 2 is 1.71 bits per heavy atom. The number of amides is 2. The van der Waals surface area contributed by atoms with Crippen LogP contribution in [0.4, 0.5) is 0 Å². The zero-order chi connectivity index (χ0) is 17.1. The number of hydrogen-bond acceptors (Lipinski definition) is 3. The van der Waals surface area contributed by atoms with Crippen molar-refractivity contribution in [1.82, 2.24) is 10.6 Å². The molecule has 3 rings (SSSR count). The van der Waals surface area contributed by atoms with Gasteiger partial charge in [0.25, 0.3) is 0 Å². The molecule has 1 saturated heterocycles. The Balaban J connectivity index is 1.73. The molecule has 6 heteroatoms. The lowest BCUT2D eigenvalue weighted by atomic mass is 9.98. The van der Waals surface area contributed by atoms with E-state index in [0.717, 1.165) is 5.56 Å². The maximum absolute atomic E-state index is 12.4. The fourth-order valence-corrected chi connectivity index (χ4v) is 2.90. The van der Waals surface area contributed by atoms with Gasteiger partial charge >= 0.3 is 0 Å². The van der Waals surface area contributed by atoms with Crippen LogP contribution in [0.25, 0.3) is 0 Å². The van der Waals surface area contributed by atoms with Crippen LogP contribution in [0.2, 0.25) is 5.02 Å². The van der Waals surface area contributed by atoms with Crippen molar-refractivity contribution in [3.63, 3.8) is 0 Å². The summed E-state index contributed by atoms with van der Waals surface area (Å²) in [7, 11) is 1.57. The number of nitrogens with one attached hydrogen (secondary N) is 2. The predicted octanol–water partition coefficient (Wildman–Crippen LogP) is 2.25. The van der Waals surface area contributed by atoms with Crippen LogP contribution in [0, 0.1) is 0 Å². The monoisotopic (exact) mass is 344 g/mol. The molecule has 0 radical (unpaired) electrons. The maximum atomic E-state index is 12.4. The summed E-state index contributed by atoms with van der Waals surface area (Å²) in [5.41, 5.74) is 1.53. The van der Waals surface area contributed by atoms with Gasteiger partial charge in [-0.15, -0.1) is 0 Å². The summed E-state index contributed by atoms with van der Waals surface area (Å²) in [6.45, 7) is 0. The Morgan fingerprint density at radius 3 is 2.38 bits per heavy atom. The minimum atomic E-state index is -0.703. The topological polar surface area (TPSA) is 67.4 Å². The molecular weight excluding hydrogens is 328 g/mol. The van der Waals surface area contributed by atoms with E-state index in [9.17, 15) is 9.59 Å². The third-order valence-corrected chi connectivity index (χ3v) is 4.38. The van der Waals surface area contributed by atoms with Gasteiger partial charge in [-0.1, -0.05) is 41.9 Å². The minimum Gasteiger partial charge on any atom is -0.497 e. The number of hydrogen-bond donors (Lipinski definition) is 2. The zero-order valence-electron chi connectivity index (χ0n) is 13.1. The van der Waals surface area contributed by atoms with Crippen molar-refractivity contribution in [3.05, 3.63) is 64.7 Å². The maximum Gasteiger partial charge on any atom is 0.247 e. The van der Waals surface area contributed by atoms with Gasteiger partial charge in [0.05, 0.1) is 7.11 Å². The molecule has 5 nitrogen and oxygen atoms in total. The van der Waals surface area contributed by atoms with E-state index < -0.39 is 12.1 Å². The van der Waals surface area contributed by atoms with Crippen molar-refractivity contribution in [3.8, 4) is 5.75 Å². The average molecular weight is 345 g/mol. The largest absolute Gasteiger partial charge is 0.497 e. The van der Waals surface area contributed by atoms with Gasteiger partial charge in [0.15, 0.2) is 0 Å². The van der Waals surface area contributed by atoms with Crippen molar-refractivity contribution in [2.24, 2.45) is 0 Å². The first-order chi connectivity index (χ1) is 11.6. The van der Waals surface area contributed by atoms with Gasteiger partial charge in [0, 0.05) is 11.4 Å². The molecule has 1 aliphatic rings. The molecule has 0 aliphatic carbocycles. The van der Waals surface area contributed by atoms with Crippen molar-refractivity contribution < 1.29 is 14.3 Å².